The Kier molecular flexibility index (Phi) is 3.48. The van der Waals surface area contributed by atoms with Crippen LogP contribution in [0.25, 0.3) is 0 Å². The monoisotopic (exact) mass is 266 g/mol. The molecule has 94 valence electrons. The zero-order valence-corrected chi connectivity index (χ0v) is 10.8. The van der Waals surface area contributed by atoms with E-state index >= 15 is 0 Å². The summed E-state index contributed by atoms with van der Waals surface area (Å²) in [6, 6.07) is 4.39. The van der Waals surface area contributed by atoms with Gasteiger partial charge in [-0.2, -0.15) is 5.10 Å². The van der Waals surface area contributed by atoms with Gasteiger partial charge in [0.05, 0.1) is 17.8 Å². The summed E-state index contributed by atoms with van der Waals surface area (Å²) in [5.41, 5.74) is 2.37. The van der Waals surface area contributed by atoms with Crippen molar-refractivity contribution in [3.05, 3.63) is 51.6 Å². The fourth-order valence-corrected chi connectivity index (χ4v) is 2.06. The second kappa shape index (κ2) is 4.90. The predicted molar refractivity (Wildman–Crippen MR) is 67.6 cm³/mol. The Morgan fingerprint density at radius 3 is 2.78 bits per heavy atom. The van der Waals surface area contributed by atoms with E-state index in [4.69, 9.17) is 11.6 Å². The Bertz CT molecular complexity index is 607. The lowest BCUT2D eigenvalue weighted by molar-refractivity contribution is 0.112. The second-order valence-electron chi connectivity index (χ2n) is 4.10. The van der Waals surface area contributed by atoms with Gasteiger partial charge in [-0.25, -0.2) is 4.39 Å². The standard InChI is InChI=1S/C13H12ClFN2O/c1-8-12(7-18)9(2)17(16-8)6-10-5-11(14)3-4-13(10)15/h3-5,7H,6H2,1-2H3. The van der Waals surface area contributed by atoms with E-state index in [1.807, 2.05) is 0 Å². The Labute approximate surface area is 109 Å². The van der Waals surface area contributed by atoms with Crippen LogP contribution in [0, 0.1) is 19.7 Å². The molecular weight excluding hydrogens is 255 g/mol. The minimum absolute atomic E-state index is 0.257. The first-order chi connectivity index (χ1) is 8.52. The number of hydrogen-bond acceptors (Lipinski definition) is 2. The number of nitrogens with zero attached hydrogens (tertiary/aromatic N) is 2. The molecule has 0 aliphatic carbocycles. The Morgan fingerprint density at radius 1 is 1.44 bits per heavy atom. The molecule has 3 nitrogen and oxygen atoms in total. The van der Waals surface area contributed by atoms with Gasteiger partial charge in [0.1, 0.15) is 5.82 Å². The molecule has 2 rings (SSSR count). The van der Waals surface area contributed by atoms with Crippen LogP contribution >= 0.6 is 11.6 Å². The largest absolute Gasteiger partial charge is 0.298 e. The van der Waals surface area contributed by atoms with Gasteiger partial charge in [-0.3, -0.25) is 9.48 Å². The quantitative estimate of drug-likeness (QED) is 0.800. The number of rotatable bonds is 3. The van der Waals surface area contributed by atoms with Crippen molar-refractivity contribution in [3.8, 4) is 0 Å². The molecular formula is C13H12ClFN2O. The van der Waals surface area contributed by atoms with Crippen LogP contribution in [0.5, 0.6) is 0 Å². The Hall–Kier alpha value is -1.68. The third-order valence-corrected chi connectivity index (χ3v) is 3.12. The molecule has 0 saturated heterocycles. The number of carbonyl (C=O) groups is 1. The SMILES string of the molecule is Cc1nn(Cc2cc(Cl)ccc2F)c(C)c1C=O. The summed E-state index contributed by atoms with van der Waals surface area (Å²) in [6.45, 7) is 3.79. The van der Waals surface area contributed by atoms with Crippen molar-refractivity contribution in [1.29, 1.82) is 0 Å². The first-order valence-electron chi connectivity index (χ1n) is 5.46. The Morgan fingerprint density at radius 2 is 2.17 bits per heavy atom. The van der Waals surface area contributed by atoms with Crippen LogP contribution in [0.2, 0.25) is 5.02 Å². The van der Waals surface area contributed by atoms with Gasteiger partial charge in [0.15, 0.2) is 6.29 Å². The van der Waals surface area contributed by atoms with Gasteiger partial charge in [-0.1, -0.05) is 11.6 Å². The lowest BCUT2D eigenvalue weighted by atomic mass is 10.2. The van der Waals surface area contributed by atoms with Gasteiger partial charge in [0.25, 0.3) is 0 Å². The summed E-state index contributed by atoms with van der Waals surface area (Å²) < 4.78 is 15.2. The van der Waals surface area contributed by atoms with E-state index in [2.05, 4.69) is 5.10 Å². The Balaban J connectivity index is 2.40. The fourth-order valence-electron chi connectivity index (χ4n) is 1.86. The summed E-state index contributed by atoms with van der Waals surface area (Å²) in [6.07, 6.45) is 0.766. The summed E-state index contributed by atoms with van der Waals surface area (Å²) >= 11 is 5.83. The highest BCUT2D eigenvalue weighted by Crippen LogP contribution is 2.18. The molecule has 2 aromatic rings. The molecule has 0 radical (unpaired) electrons. The molecule has 1 aromatic heterocycles. The molecule has 0 atom stereocenters. The van der Waals surface area contributed by atoms with E-state index in [1.54, 1.807) is 24.6 Å². The van der Waals surface area contributed by atoms with E-state index in [0.717, 1.165) is 12.0 Å². The summed E-state index contributed by atoms with van der Waals surface area (Å²) in [5.74, 6) is -0.334. The smallest absolute Gasteiger partial charge is 0.153 e. The molecule has 0 spiro atoms. The molecule has 0 fully saturated rings. The molecule has 18 heavy (non-hydrogen) atoms. The third kappa shape index (κ3) is 2.29. The number of halogens is 2. The highest BCUT2D eigenvalue weighted by atomic mass is 35.5. The van der Waals surface area contributed by atoms with Crippen LogP contribution < -0.4 is 0 Å². The van der Waals surface area contributed by atoms with Crippen molar-refractivity contribution in [2.45, 2.75) is 20.4 Å². The highest BCUT2D eigenvalue weighted by molar-refractivity contribution is 6.30. The molecule has 0 aliphatic heterocycles. The molecule has 1 heterocycles. The summed E-state index contributed by atoms with van der Waals surface area (Å²) in [5, 5.41) is 4.70. The van der Waals surface area contributed by atoms with Crippen molar-refractivity contribution in [2.75, 3.05) is 0 Å². The van der Waals surface area contributed by atoms with Crippen LogP contribution in [0.3, 0.4) is 0 Å². The van der Waals surface area contributed by atoms with E-state index < -0.39 is 0 Å². The highest BCUT2D eigenvalue weighted by Gasteiger charge is 2.12. The summed E-state index contributed by atoms with van der Waals surface area (Å²) in [7, 11) is 0. The molecule has 0 aliphatic rings. The van der Waals surface area contributed by atoms with Crippen molar-refractivity contribution in [2.24, 2.45) is 0 Å². The van der Waals surface area contributed by atoms with Gasteiger partial charge in [0.2, 0.25) is 0 Å². The first-order valence-corrected chi connectivity index (χ1v) is 5.84. The minimum Gasteiger partial charge on any atom is -0.298 e. The average molecular weight is 267 g/mol. The zero-order chi connectivity index (χ0) is 13.3. The van der Waals surface area contributed by atoms with Crippen molar-refractivity contribution < 1.29 is 9.18 Å². The molecule has 0 saturated carbocycles. The number of hydrogen-bond donors (Lipinski definition) is 0. The van der Waals surface area contributed by atoms with Crippen LogP contribution in [0.15, 0.2) is 18.2 Å². The topological polar surface area (TPSA) is 34.9 Å². The molecule has 0 bridgehead atoms. The minimum atomic E-state index is -0.334. The maximum atomic E-state index is 13.6. The van der Waals surface area contributed by atoms with Crippen LogP contribution in [0.1, 0.15) is 27.3 Å². The van der Waals surface area contributed by atoms with Crippen LogP contribution in [-0.4, -0.2) is 16.1 Å². The molecule has 0 unspecified atom stereocenters. The van der Waals surface area contributed by atoms with Crippen LogP contribution in [-0.2, 0) is 6.54 Å². The van der Waals surface area contributed by atoms with E-state index in [-0.39, 0.29) is 12.4 Å². The van der Waals surface area contributed by atoms with Crippen molar-refractivity contribution in [1.82, 2.24) is 9.78 Å². The molecule has 0 N–H and O–H groups in total. The predicted octanol–water partition coefficient (Wildman–Crippen LogP) is 3.15. The lowest BCUT2D eigenvalue weighted by Gasteiger charge is -2.06. The molecule has 1 aromatic carbocycles. The van der Waals surface area contributed by atoms with Crippen molar-refractivity contribution in [3.63, 3.8) is 0 Å². The maximum absolute atomic E-state index is 13.6. The number of aryl methyl sites for hydroxylation is 1. The number of aromatic nitrogens is 2. The lowest BCUT2D eigenvalue weighted by Crippen LogP contribution is -2.06. The van der Waals surface area contributed by atoms with E-state index in [1.165, 1.54) is 12.1 Å². The number of carbonyl (C=O) groups excluding carboxylic acids is 1. The zero-order valence-electron chi connectivity index (χ0n) is 10.1. The summed E-state index contributed by atoms with van der Waals surface area (Å²) in [4.78, 5) is 10.9. The van der Waals surface area contributed by atoms with E-state index in [9.17, 15) is 9.18 Å². The first kappa shape index (κ1) is 12.8. The van der Waals surface area contributed by atoms with Gasteiger partial charge in [0, 0.05) is 16.3 Å². The number of aldehydes is 1. The number of benzene rings is 1. The maximum Gasteiger partial charge on any atom is 0.153 e. The average Bonchev–Trinajstić information content (AvgIpc) is 2.59. The van der Waals surface area contributed by atoms with Gasteiger partial charge < -0.3 is 0 Å². The van der Waals surface area contributed by atoms with Gasteiger partial charge in [-0.05, 0) is 32.0 Å². The second-order valence-corrected chi connectivity index (χ2v) is 4.53. The normalized spacial score (nSPS) is 10.7. The van der Waals surface area contributed by atoms with Gasteiger partial charge >= 0.3 is 0 Å². The molecule has 5 heteroatoms. The van der Waals surface area contributed by atoms with Crippen molar-refractivity contribution >= 4 is 17.9 Å². The van der Waals surface area contributed by atoms with E-state index in [0.29, 0.717) is 21.8 Å². The molecule has 0 amide bonds. The van der Waals surface area contributed by atoms with Crippen LogP contribution in [0.4, 0.5) is 4.39 Å². The van der Waals surface area contributed by atoms with Gasteiger partial charge in [-0.15, -0.1) is 0 Å². The third-order valence-electron chi connectivity index (χ3n) is 2.88. The fraction of sp³-hybridized carbons (Fsp3) is 0.231.